The molecule has 3 aromatic rings. The van der Waals surface area contributed by atoms with Gasteiger partial charge < -0.3 is 9.64 Å². The molecule has 1 N–H and O–H groups in total. The third-order valence-corrected chi connectivity index (χ3v) is 5.79. The number of aromatic nitrogens is 1. The van der Waals surface area contributed by atoms with Crippen molar-refractivity contribution in [2.45, 2.75) is 20.3 Å². The summed E-state index contributed by atoms with van der Waals surface area (Å²) in [5, 5.41) is 0.738. The number of rotatable bonds is 7. The number of nitrogens with zero attached hydrogens (tertiary/aromatic N) is 2. The first-order valence-corrected chi connectivity index (χ1v) is 10.3. The van der Waals surface area contributed by atoms with E-state index in [2.05, 4.69) is 20.2 Å². The normalized spacial score (nSPS) is 11.2. The highest BCUT2D eigenvalue weighted by Gasteiger charge is 2.23. The molecule has 0 atom stereocenters. The molecular weight excluding hydrogens is 370 g/mol. The van der Waals surface area contributed by atoms with E-state index in [1.807, 2.05) is 49.1 Å². The van der Waals surface area contributed by atoms with E-state index >= 15 is 0 Å². The van der Waals surface area contributed by atoms with Crippen LogP contribution in [0.2, 0.25) is 0 Å². The van der Waals surface area contributed by atoms with E-state index < -0.39 is 0 Å². The largest absolute Gasteiger partial charge is 0.497 e. The van der Waals surface area contributed by atoms with Crippen molar-refractivity contribution in [1.29, 1.82) is 0 Å². The van der Waals surface area contributed by atoms with E-state index in [0.717, 1.165) is 50.8 Å². The molecule has 0 aliphatic heterocycles. The highest BCUT2D eigenvalue weighted by molar-refractivity contribution is 7.22. The molecule has 0 aliphatic carbocycles. The molecule has 5 nitrogen and oxygen atoms in total. The highest BCUT2D eigenvalue weighted by Crippen LogP contribution is 2.32. The van der Waals surface area contributed by atoms with E-state index in [4.69, 9.17) is 9.72 Å². The second kappa shape index (κ2) is 8.71. The third kappa shape index (κ3) is 4.51. The Morgan fingerprint density at radius 2 is 1.96 bits per heavy atom. The fraction of sp³-hybridized carbons (Fsp3) is 0.364. The van der Waals surface area contributed by atoms with Crippen LogP contribution in [0, 0.1) is 13.8 Å². The van der Waals surface area contributed by atoms with Gasteiger partial charge in [-0.25, -0.2) is 4.98 Å². The van der Waals surface area contributed by atoms with Gasteiger partial charge in [-0.1, -0.05) is 29.0 Å². The number of carbonyl (C=O) groups excluding carboxylic acids is 1. The van der Waals surface area contributed by atoms with Crippen molar-refractivity contribution < 1.29 is 14.4 Å². The maximum atomic E-state index is 13.4. The smallest absolute Gasteiger partial charge is 0.260 e. The number of thiazole rings is 1. The lowest BCUT2D eigenvalue weighted by atomic mass is 10.0. The Morgan fingerprint density at radius 1 is 1.18 bits per heavy atom. The Morgan fingerprint density at radius 3 is 2.64 bits per heavy atom. The summed E-state index contributed by atoms with van der Waals surface area (Å²) in [7, 11) is 5.90. The molecule has 2 aromatic carbocycles. The minimum Gasteiger partial charge on any atom is -0.497 e. The van der Waals surface area contributed by atoms with Crippen molar-refractivity contribution >= 4 is 32.6 Å². The van der Waals surface area contributed by atoms with Crippen molar-refractivity contribution in [1.82, 2.24) is 4.98 Å². The lowest BCUT2D eigenvalue weighted by molar-refractivity contribution is -0.858. The van der Waals surface area contributed by atoms with Gasteiger partial charge in [0.2, 0.25) is 0 Å². The van der Waals surface area contributed by atoms with E-state index in [-0.39, 0.29) is 5.91 Å². The molecule has 28 heavy (non-hydrogen) atoms. The molecule has 6 heteroatoms. The summed E-state index contributed by atoms with van der Waals surface area (Å²) in [5.41, 5.74) is 3.75. The van der Waals surface area contributed by atoms with Crippen LogP contribution in [0.1, 0.15) is 27.9 Å². The van der Waals surface area contributed by atoms with Gasteiger partial charge in [0.15, 0.2) is 5.13 Å². The summed E-state index contributed by atoms with van der Waals surface area (Å²) in [4.78, 5) is 21.4. The monoisotopic (exact) mass is 398 g/mol. The molecule has 0 aliphatic rings. The first-order valence-electron chi connectivity index (χ1n) is 9.52. The zero-order valence-corrected chi connectivity index (χ0v) is 18.0. The Hall–Kier alpha value is -2.44. The number of aryl methyl sites for hydroxylation is 2. The zero-order chi connectivity index (χ0) is 20.3. The van der Waals surface area contributed by atoms with Crippen LogP contribution in [0.4, 0.5) is 5.13 Å². The molecular formula is C22H28N3O2S+. The SMILES string of the molecule is COc1ccc2sc(N(CCC[NH+](C)C)C(=O)c3ccc(C)cc3C)nc2c1. The summed E-state index contributed by atoms with van der Waals surface area (Å²) in [6.07, 6.45) is 0.915. The molecule has 0 unspecified atom stereocenters. The van der Waals surface area contributed by atoms with Gasteiger partial charge in [-0.3, -0.25) is 9.69 Å². The zero-order valence-electron chi connectivity index (χ0n) is 17.2. The summed E-state index contributed by atoms with van der Waals surface area (Å²) in [6.45, 7) is 5.68. The van der Waals surface area contributed by atoms with Crippen LogP contribution >= 0.6 is 11.3 Å². The van der Waals surface area contributed by atoms with Gasteiger partial charge >= 0.3 is 0 Å². The van der Waals surface area contributed by atoms with Gasteiger partial charge in [0, 0.05) is 24.6 Å². The Kier molecular flexibility index (Phi) is 6.31. The van der Waals surface area contributed by atoms with Crippen LogP contribution in [0.3, 0.4) is 0 Å². The lowest BCUT2D eigenvalue weighted by Gasteiger charge is -2.21. The van der Waals surface area contributed by atoms with Gasteiger partial charge in [-0.05, 0) is 37.6 Å². The number of nitrogens with one attached hydrogen (secondary N) is 1. The van der Waals surface area contributed by atoms with Crippen LogP contribution < -0.4 is 14.5 Å². The highest BCUT2D eigenvalue weighted by atomic mass is 32.1. The number of amides is 1. The number of hydrogen-bond donors (Lipinski definition) is 1. The fourth-order valence-corrected chi connectivity index (χ4v) is 4.18. The minimum atomic E-state index is 0.0114. The molecule has 1 aromatic heterocycles. The number of benzene rings is 2. The Bertz CT molecular complexity index is 981. The molecule has 0 bridgehead atoms. The van der Waals surface area contributed by atoms with Crippen LogP contribution in [0.5, 0.6) is 5.75 Å². The quantitative estimate of drug-likeness (QED) is 0.665. The molecule has 0 fully saturated rings. The summed E-state index contributed by atoms with van der Waals surface area (Å²) in [6, 6.07) is 11.8. The average molecular weight is 399 g/mol. The summed E-state index contributed by atoms with van der Waals surface area (Å²) >= 11 is 1.55. The maximum Gasteiger partial charge on any atom is 0.260 e. The van der Waals surface area contributed by atoms with Gasteiger partial charge in [-0.2, -0.15) is 0 Å². The molecule has 0 spiro atoms. The number of carbonyl (C=O) groups is 1. The molecule has 0 radical (unpaired) electrons. The first-order chi connectivity index (χ1) is 13.4. The number of methoxy groups -OCH3 is 1. The van der Waals surface area contributed by atoms with E-state index in [9.17, 15) is 4.79 Å². The Balaban J connectivity index is 1.97. The van der Waals surface area contributed by atoms with Crippen LogP contribution in [0.25, 0.3) is 10.2 Å². The fourth-order valence-electron chi connectivity index (χ4n) is 3.21. The number of hydrogen-bond acceptors (Lipinski definition) is 4. The van der Waals surface area contributed by atoms with Crippen LogP contribution in [0.15, 0.2) is 36.4 Å². The molecule has 1 amide bonds. The number of fused-ring (bicyclic) bond motifs is 1. The number of quaternary nitrogens is 1. The number of anilines is 1. The van der Waals surface area contributed by atoms with Crippen molar-refractivity contribution in [2.24, 2.45) is 0 Å². The average Bonchev–Trinajstić information content (AvgIpc) is 3.07. The van der Waals surface area contributed by atoms with Gasteiger partial charge in [0.05, 0.1) is 38.0 Å². The van der Waals surface area contributed by atoms with E-state index in [0.29, 0.717) is 6.54 Å². The van der Waals surface area contributed by atoms with Gasteiger partial charge in [0.1, 0.15) is 5.75 Å². The van der Waals surface area contributed by atoms with Crippen LogP contribution in [-0.4, -0.2) is 45.2 Å². The molecule has 0 saturated carbocycles. The topological polar surface area (TPSA) is 46.9 Å². The van der Waals surface area contributed by atoms with Crippen molar-refractivity contribution in [2.75, 3.05) is 39.2 Å². The second-order valence-corrected chi connectivity index (χ2v) is 8.43. The van der Waals surface area contributed by atoms with Crippen molar-refractivity contribution in [3.63, 3.8) is 0 Å². The minimum absolute atomic E-state index is 0.0114. The van der Waals surface area contributed by atoms with Gasteiger partial charge in [-0.15, -0.1) is 0 Å². The van der Waals surface area contributed by atoms with E-state index in [1.54, 1.807) is 18.4 Å². The second-order valence-electron chi connectivity index (χ2n) is 7.42. The Labute approximate surface area is 170 Å². The standard InChI is InChI=1S/C22H27N3O2S/c1-15-7-9-18(16(2)13-15)21(26)25(12-6-11-24(3)4)22-23-19-14-17(27-5)8-10-20(19)28-22/h7-10,13-14H,6,11-12H2,1-5H3/p+1. The van der Waals surface area contributed by atoms with Crippen LogP contribution in [-0.2, 0) is 0 Å². The molecule has 148 valence electrons. The first kappa shape index (κ1) is 20.3. The van der Waals surface area contributed by atoms with Crippen molar-refractivity contribution in [3.05, 3.63) is 53.1 Å². The maximum absolute atomic E-state index is 13.4. The molecule has 3 rings (SSSR count). The van der Waals surface area contributed by atoms with Gasteiger partial charge in [0.25, 0.3) is 5.91 Å². The predicted molar refractivity (Wildman–Crippen MR) is 116 cm³/mol. The lowest BCUT2D eigenvalue weighted by Crippen LogP contribution is -3.05. The van der Waals surface area contributed by atoms with E-state index in [1.165, 1.54) is 4.90 Å². The third-order valence-electron chi connectivity index (χ3n) is 4.73. The summed E-state index contributed by atoms with van der Waals surface area (Å²) in [5.74, 6) is 0.782. The summed E-state index contributed by atoms with van der Waals surface area (Å²) < 4.78 is 6.36. The van der Waals surface area contributed by atoms with Crippen molar-refractivity contribution in [3.8, 4) is 5.75 Å². The number of ether oxygens (including phenoxy) is 1. The molecule has 0 saturated heterocycles. The molecule has 1 heterocycles. The predicted octanol–water partition coefficient (Wildman–Crippen LogP) is 3.10.